The van der Waals surface area contributed by atoms with Crippen LogP contribution in [0.5, 0.6) is 0 Å². The summed E-state index contributed by atoms with van der Waals surface area (Å²) < 4.78 is 22.3. The zero-order chi connectivity index (χ0) is 8.91. The zero-order valence-electron chi connectivity index (χ0n) is 7.39. The van der Waals surface area contributed by atoms with E-state index in [9.17, 15) is 4.21 Å². The molecule has 0 aliphatic rings. The van der Waals surface area contributed by atoms with Gasteiger partial charge >= 0.3 is 75.3 Å². The summed E-state index contributed by atoms with van der Waals surface area (Å²) in [6, 6.07) is 0. The van der Waals surface area contributed by atoms with Gasteiger partial charge in [-0.3, -0.25) is 0 Å². The molecule has 0 aromatic heterocycles. The molecule has 0 aliphatic carbocycles. The van der Waals surface area contributed by atoms with Gasteiger partial charge in [0.15, 0.2) is 0 Å². The average Bonchev–Trinajstić information content (AvgIpc) is 1.78. The maximum absolute atomic E-state index is 10.1. The Kier molecular flexibility index (Phi) is 5.94. The second kappa shape index (κ2) is 5.50. The van der Waals surface area contributed by atoms with Crippen LogP contribution >= 0.6 is 0 Å². The van der Waals surface area contributed by atoms with E-state index in [0.29, 0.717) is 6.54 Å². The van der Waals surface area contributed by atoms with E-state index in [-0.39, 0.29) is 0 Å². The van der Waals surface area contributed by atoms with Crippen molar-refractivity contribution < 1.29 is 8.76 Å². The predicted molar refractivity (Wildman–Crippen MR) is 51.5 cm³/mol. The van der Waals surface area contributed by atoms with Crippen LogP contribution in [0.25, 0.3) is 0 Å². The Balaban J connectivity index is 3.22. The first-order valence-corrected chi connectivity index (χ1v) is 15.4. The molecule has 1 atom stereocenters. The molecule has 0 aliphatic heterocycles. The van der Waals surface area contributed by atoms with Gasteiger partial charge in [-0.1, -0.05) is 0 Å². The van der Waals surface area contributed by atoms with Crippen LogP contribution in [0, 0.1) is 0 Å². The van der Waals surface area contributed by atoms with Crippen LogP contribution in [0.2, 0.25) is 19.3 Å². The van der Waals surface area contributed by atoms with Crippen molar-refractivity contribution in [3.05, 3.63) is 0 Å². The molecular formula is C6H17NO2SSn. The van der Waals surface area contributed by atoms with Gasteiger partial charge in [0, 0.05) is 0 Å². The second-order valence-electron chi connectivity index (χ2n) is 3.81. The number of hydrogen-bond acceptors (Lipinski definition) is 1. The second-order valence-corrected chi connectivity index (χ2v) is 20.6. The molecule has 1 unspecified atom stereocenters. The molecule has 0 spiro atoms. The van der Waals surface area contributed by atoms with Gasteiger partial charge in [0.1, 0.15) is 0 Å². The molecule has 3 nitrogen and oxygen atoms in total. The molecule has 0 saturated carbocycles. The molecule has 0 aromatic carbocycles. The van der Waals surface area contributed by atoms with Crippen molar-refractivity contribution >= 4 is 29.6 Å². The normalized spacial score (nSPS) is 14.9. The third kappa shape index (κ3) is 10.9. The van der Waals surface area contributed by atoms with Gasteiger partial charge < -0.3 is 0 Å². The van der Waals surface area contributed by atoms with Gasteiger partial charge in [-0.05, 0) is 0 Å². The van der Waals surface area contributed by atoms with Crippen LogP contribution in [-0.4, -0.2) is 33.7 Å². The van der Waals surface area contributed by atoms with Crippen molar-refractivity contribution in [1.29, 1.82) is 0 Å². The molecule has 2 N–H and O–H groups in total. The summed E-state index contributed by atoms with van der Waals surface area (Å²) in [6.07, 6.45) is 1.03. The van der Waals surface area contributed by atoms with Crippen LogP contribution in [-0.2, 0) is 11.3 Å². The van der Waals surface area contributed by atoms with E-state index in [1.807, 2.05) is 0 Å². The molecule has 0 heterocycles. The Morgan fingerprint density at radius 2 is 2.00 bits per heavy atom. The van der Waals surface area contributed by atoms with Gasteiger partial charge in [-0.25, -0.2) is 0 Å². The van der Waals surface area contributed by atoms with E-state index in [0.717, 1.165) is 6.42 Å². The molecule has 0 amide bonds. The van der Waals surface area contributed by atoms with Crippen LogP contribution in [0.3, 0.4) is 0 Å². The maximum atomic E-state index is 10.1. The van der Waals surface area contributed by atoms with Crippen molar-refractivity contribution in [2.24, 2.45) is 0 Å². The standard InChI is InChI=1S/C3H8NO2S.3CH3.Sn/c1-2-3-4-7(5)6;;;;/h4H,1-3H2,(H,5,6);3*1H3;. The van der Waals surface area contributed by atoms with Crippen molar-refractivity contribution in [2.45, 2.75) is 25.7 Å². The zero-order valence-corrected chi connectivity index (χ0v) is 11.1. The van der Waals surface area contributed by atoms with E-state index in [1.54, 1.807) is 0 Å². The van der Waals surface area contributed by atoms with Crippen LogP contribution < -0.4 is 4.72 Å². The van der Waals surface area contributed by atoms with Gasteiger partial charge in [-0.2, -0.15) is 0 Å². The van der Waals surface area contributed by atoms with Crippen molar-refractivity contribution in [3.63, 3.8) is 0 Å². The summed E-state index contributed by atoms with van der Waals surface area (Å²) in [6.45, 7) is 0.664. The average molecular weight is 286 g/mol. The molecule has 0 rings (SSSR count). The Labute approximate surface area is 75.2 Å². The van der Waals surface area contributed by atoms with Gasteiger partial charge in [0.25, 0.3) is 0 Å². The first kappa shape index (κ1) is 11.9. The summed E-state index contributed by atoms with van der Waals surface area (Å²) in [5.41, 5.74) is 0. The number of nitrogens with one attached hydrogen (secondary N) is 1. The summed E-state index contributed by atoms with van der Waals surface area (Å²) in [5.74, 6) is 0. The van der Waals surface area contributed by atoms with Crippen LogP contribution in [0.4, 0.5) is 0 Å². The molecular weight excluding hydrogens is 269 g/mol. The summed E-state index contributed by atoms with van der Waals surface area (Å²) in [4.78, 5) is 7.10. The Morgan fingerprint density at radius 3 is 2.36 bits per heavy atom. The predicted octanol–water partition coefficient (Wildman–Crippen LogP) is 1.44. The van der Waals surface area contributed by atoms with Gasteiger partial charge in [-0.15, -0.1) is 0 Å². The Bertz CT molecular complexity index is 135. The molecule has 5 heteroatoms. The van der Waals surface area contributed by atoms with E-state index < -0.39 is 29.6 Å². The van der Waals surface area contributed by atoms with E-state index >= 15 is 0 Å². The van der Waals surface area contributed by atoms with Crippen LogP contribution in [0.1, 0.15) is 6.42 Å². The first-order valence-electron chi connectivity index (χ1n) is 3.76. The summed E-state index contributed by atoms with van der Waals surface area (Å²) in [5, 5.41) is 0. The molecule has 0 aromatic rings. The Morgan fingerprint density at radius 1 is 1.45 bits per heavy atom. The molecule has 0 radical (unpaired) electrons. The van der Waals surface area contributed by atoms with Crippen molar-refractivity contribution in [2.75, 3.05) is 6.54 Å². The summed E-state index contributed by atoms with van der Waals surface area (Å²) >= 11 is -3.42. The fraction of sp³-hybridized carbons (Fsp3) is 1.00. The number of hydrogen-bond donors (Lipinski definition) is 2. The first-order chi connectivity index (χ1) is 4.92. The minimum atomic E-state index is -1.82. The van der Waals surface area contributed by atoms with Crippen LogP contribution in [0.15, 0.2) is 0 Å². The minimum absolute atomic E-state index is 0.664. The fourth-order valence-electron chi connectivity index (χ4n) is 0.778. The topological polar surface area (TPSA) is 49.3 Å². The quantitative estimate of drug-likeness (QED) is 0.456. The third-order valence-corrected chi connectivity index (χ3v) is 7.07. The fourth-order valence-corrected chi connectivity index (χ4v) is 4.63. The molecule has 0 fully saturated rings. The van der Waals surface area contributed by atoms with Crippen molar-refractivity contribution in [1.82, 2.24) is 4.72 Å². The van der Waals surface area contributed by atoms with Gasteiger partial charge in [0.2, 0.25) is 0 Å². The number of rotatable bonds is 5. The van der Waals surface area contributed by atoms with Gasteiger partial charge in [0.05, 0.1) is 0 Å². The Hall–Kier alpha value is 0.869. The molecule has 0 bridgehead atoms. The summed E-state index contributed by atoms with van der Waals surface area (Å²) in [7, 11) is 0. The molecule has 11 heavy (non-hydrogen) atoms. The molecule has 0 saturated heterocycles. The van der Waals surface area contributed by atoms with Crippen molar-refractivity contribution in [3.8, 4) is 0 Å². The monoisotopic (exact) mass is 287 g/mol. The SMILES string of the molecule is [CH3][Sn]([CH3])([CH3])[CH2]CCNS(=O)O. The third-order valence-electron chi connectivity index (χ3n) is 1.33. The van der Waals surface area contributed by atoms with E-state index in [4.69, 9.17) is 4.55 Å². The van der Waals surface area contributed by atoms with E-state index in [1.165, 1.54) is 4.44 Å². The van der Waals surface area contributed by atoms with E-state index in [2.05, 4.69) is 19.5 Å². The molecule has 68 valence electrons.